The van der Waals surface area contributed by atoms with E-state index in [9.17, 15) is 4.79 Å². The Hall–Kier alpha value is -2.73. The summed E-state index contributed by atoms with van der Waals surface area (Å²) in [6, 6.07) is 7.17. The Morgan fingerprint density at radius 1 is 1.23 bits per heavy atom. The van der Waals surface area contributed by atoms with E-state index in [0.717, 1.165) is 32.3 Å². The van der Waals surface area contributed by atoms with Gasteiger partial charge in [-0.15, -0.1) is 21.6 Å². The molecule has 0 saturated carbocycles. The Balaban J connectivity index is 1.98. The third-order valence-electron chi connectivity index (χ3n) is 3.75. The molecule has 1 aliphatic heterocycles. The number of benzene rings is 1. The largest absolute Gasteiger partial charge is 0.351 e. The van der Waals surface area contributed by atoms with Gasteiger partial charge in [0, 0.05) is 16.0 Å². The molecule has 0 radical (unpaired) electrons. The highest BCUT2D eigenvalue weighted by atomic mass is 32.1. The van der Waals surface area contributed by atoms with Crippen LogP contribution in [0.2, 0.25) is 0 Å². The van der Waals surface area contributed by atoms with E-state index in [2.05, 4.69) is 28.5 Å². The number of hydrogen-bond donors (Lipinski definition) is 2. The Bertz CT molecular complexity index is 997. The molecule has 22 heavy (non-hydrogen) atoms. The Labute approximate surface area is 130 Å². The molecule has 3 N–H and O–H groups in total. The van der Waals surface area contributed by atoms with Crippen LogP contribution in [0.3, 0.4) is 0 Å². The maximum Gasteiger partial charge on any atom is 0.316 e. The number of urea groups is 1. The van der Waals surface area contributed by atoms with Gasteiger partial charge in [0.25, 0.3) is 0 Å². The first-order valence-electron chi connectivity index (χ1n) is 6.77. The predicted octanol–water partition coefficient (Wildman–Crippen LogP) is 2.33. The highest BCUT2D eigenvalue weighted by Gasteiger charge is 2.24. The van der Waals surface area contributed by atoms with Crippen molar-refractivity contribution in [3.8, 4) is 0 Å². The van der Waals surface area contributed by atoms with Crippen LogP contribution >= 0.6 is 11.3 Å². The summed E-state index contributed by atoms with van der Waals surface area (Å²) < 4.78 is 0. The van der Waals surface area contributed by atoms with Crippen molar-refractivity contribution in [2.45, 2.75) is 6.92 Å². The van der Waals surface area contributed by atoms with Crippen molar-refractivity contribution in [2.24, 2.45) is 16.0 Å². The summed E-state index contributed by atoms with van der Waals surface area (Å²) in [5, 5.41) is 15.3. The van der Waals surface area contributed by atoms with Gasteiger partial charge in [0.15, 0.2) is 0 Å². The van der Waals surface area contributed by atoms with Crippen molar-refractivity contribution >= 4 is 40.5 Å². The number of carbonyl (C=O) groups excluding carboxylic acids is 1. The summed E-state index contributed by atoms with van der Waals surface area (Å²) in [6.45, 7) is 2.06. The molecular formula is C16H12N4OS. The second-order valence-electron chi connectivity index (χ2n) is 5.14. The van der Waals surface area contributed by atoms with E-state index in [1.807, 2.05) is 29.7 Å². The van der Waals surface area contributed by atoms with E-state index in [4.69, 9.17) is 5.73 Å². The van der Waals surface area contributed by atoms with Crippen LogP contribution in [0.15, 0.2) is 45.4 Å². The minimum Gasteiger partial charge on any atom is -0.351 e. The Morgan fingerprint density at radius 3 is 2.77 bits per heavy atom. The second kappa shape index (κ2) is 4.64. The fraction of sp³-hybridized carbons (Fsp3) is 0.0625. The first kappa shape index (κ1) is 13.0. The fourth-order valence-electron chi connectivity index (χ4n) is 2.75. The van der Waals surface area contributed by atoms with E-state index in [1.165, 1.54) is 5.56 Å². The zero-order valence-electron chi connectivity index (χ0n) is 11.8. The number of hydrogen-bond acceptors (Lipinski definition) is 4. The topological polar surface area (TPSA) is 79.8 Å². The number of anilines is 1. The number of rotatable bonds is 2. The number of fused-ring (bicyclic) bond motifs is 2. The van der Waals surface area contributed by atoms with Crippen molar-refractivity contribution < 1.29 is 4.79 Å². The number of nitrogens with zero attached hydrogens (tertiary/aromatic N) is 2. The molecule has 1 aromatic heterocycles. The van der Waals surface area contributed by atoms with Crippen LogP contribution in [0.1, 0.15) is 10.4 Å². The molecule has 5 nitrogen and oxygen atoms in total. The van der Waals surface area contributed by atoms with Crippen LogP contribution in [0.5, 0.6) is 0 Å². The number of carbonyl (C=O) groups is 1. The number of amides is 2. The summed E-state index contributed by atoms with van der Waals surface area (Å²) in [5.41, 5.74) is 9.86. The molecule has 6 heteroatoms. The van der Waals surface area contributed by atoms with Gasteiger partial charge in [0.05, 0.1) is 10.6 Å². The van der Waals surface area contributed by atoms with Crippen LogP contribution in [-0.4, -0.2) is 6.03 Å². The summed E-state index contributed by atoms with van der Waals surface area (Å²) in [7, 11) is 0. The number of nitrogens with one attached hydrogen (secondary N) is 1. The van der Waals surface area contributed by atoms with E-state index in [0.29, 0.717) is 5.69 Å². The van der Waals surface area contributed by atoms with E-state index < -0.39 is 6.03 Å². The van der Waals surface area contributed by atoms with Gasteiger partial charge in [-0.3, -0.25) is 0 Å². The lowest BCUT2D eigenvalue weighted by atomic mass is 10.1. The van der Waals surface area contributed by atoms with Gasteiger partial charge in [-0.25, -0.2) is 4.79 Å². The van der Waals surface area contributed by atoms with Crippen LogP contribution in [0, 0.1) is 6.92 Å². The van der Waals surface area contributed by atoms with E-state index in [-0.39, 0.29) is 0 Å². The Kier molecular flexibility index (Phi) is 2.74. The number of nitrogens with two attached hydrogens (primary N) is 1. The number of thiophene rings is 1. The standard InChI is InChI=1S/C16H12N4OS/c1-8-5-6-22-15(8)14-11-7-10-9(13(11)19-20-14)3-2-4-12(10)18-16(17)21/h2-7H,1H3,(H3,17,18,21). The van der Waals surface area contributed by atoms with Crippen molar-refractivity contribution in [3.63, 3.8) is 0 Å². The second-order valence-corrected chi connectivity index (χ2v) is 6.06. The molecule has 0 atom stereocenters. The monoisotopic (exact) mass is 308 g/mol. The molecule has 0 spiro atoms. The quantitative estimate of drug-likeness (QED) is 0.877. The van der Waals surface area contributed by atoms with Crippen molar-refractivity contribution in [1.29, 1.82) is 0 Å². The number of primary amides is 1. The predicted molar refractivity (Wildman–Crippen MR) is 87.6 cm³/mol. The lowest BCUT2D eigenvalue weighted by Gasteiger charge is -2.01. The minimum absolute atomic E-state index is 0.575. The lowest BCUT2D eigenvalue weighted by Crippen LogP contribution is -2.30. The average Bonchev–Trinajstić information content (AvgIpc) is 3.13. The molecule has 2 heterocycles. The third kappa shape index (κ3) is 1.81. The van der Waals surface area contributed by atoms with Gasteiger partial charge in [0.1, 0.15) is 11.4 Å². The Morgan fingerprint density at radius 2 is 2.05 bits per heavy atom. The van der Waals surface area contributed by atoms with Crippen LogP contribution < -0.4 is 21.5 Å². The summed E-state index contributed by atoms with van der Waals surface area (Å²) >= 11 is 1.65. The summed E-state index contributed by atoms with van der Waals surface area (Å²) in [4.78, 5) is 12.3. The van der Waals surface area contributed by atoms with Crippen molar-refractivity contribution in [3.05, 3.63) is 56.1 Å². The molecule has 2 aromatic rings. The molecular weight excluding hydrogens is 296 g/mol. The van der Waals surface area contributed by atoms with Gasteiger partial charge in [-0.05, 0) is 36.1 Å². The molecule has 2 amide bonds. The van der Waals surface area contributed by atoms with Gasteiger partial charge in [0.2, 0.25) is 0 Å². The van der Waals surface area contributed by atoms with E-state index in [1.54, 1.807) is 11.3 Å². The molecule has 1 aliphatic carbocycles. The molecule has 4 rings (SSSR count). The molecule has 0 saturated heterocycles. The van der Waals surface area contributed by atoms with Gasteiger partial charge in [-0.1, -0.05) is 12.1 Å². The smallest absolute Gasteiger partial charge is 0.316 e. The van der Waals surface area contributed by atoms with Gasteiger partial charge in [-0.2, -0.15) is 0 Å². The van der Waals surface area contributed by atoms with Crippen molar-refractivity contribution in [2.75, 3.05) is 5.32 Å². The first-order chi connectivity index (χ1) is 10.6. The molecule has 0 fully saturated rings. The maximum atomic E-state index is 11.1. The van der Waals surface area contributed by atoms with Crippen LogP contribution in [-0.2, 0) is 0 Å². The van der Waals surface area contributed by atoms with Crippen molar-refractivity contribution in [1.82, 2.24) is 0 Å². The summed E-state index contributed by atoms with van der Waals surface area (Å²) in [6.07, 6.45) is 2.02. The average molecular weight is 308 g/mol. The molecule has 0 unspecified atom stereocenters. The van der Waals surface area contributed by atoms with Gasteiger partial charge < -0.3 is 11.1 Å². The maximum absolute atomic E-state index is 11.1. The zero-order valence-corrected chi connectivity index (χ0v) is 12.6. The molecule has 1 aromatic carbocycles. The number of azo groups is 1. The third-order valence-corrected chi connectivity index (χ3v) is 4.77. The lowest BCUT2D eigenvalue weighted by molar-refractivity contribution is 0.259. The highest BCUT2D eigenvalue weighted by Crippen LogP contribution is 2.38. The molecule has 2 aliphatic rings. The molecule has 0 bridgehead atoms. The van der Waals surface area contributed by atoms with E-state index >= 15 is 0 Å². The normalized spacial score (nSPS) is 14.9. The molecule has 108 valence electrons. The van der Waals surface area contributed by atoms with Gasteiger partial charge >= 0.3 is 6.03 Å². The first-order valence-corrected chi connectivity index (χ1v) is 7.65. The SMILES string of the molecule is Cc1ccsc1C1=C2C=c3c(NC(N)=O)cccc3=C2N=N1. The van der Waals surface area contributed by atoms with Crippen LogP contribution in [0.25, 0.3) is 17.5 Å². The highest BCUT2D eigenvalue weighted by molar-refractivity contribution is 7.11. The number of aryl methyl sites for hydroxylation is 1. The van der Waals surface area contributed by atoms with Crippen LogP contribution in [0.4, 0.5) is 10.5 Å². The zero-order chi connectivity index (χ0) is 15.3. The minimum atomic E-state index is -0.575. The summed E-state index contributed by atoms with van der Waals surface area (Å²) in [5.74, 6) is 0. The fourth-order valence-corrected chi connectivity index (χ4v) is 3.68.